The van der Waals surface area contributed by atoms with Crippen LogP contribution in [0.25, 0.3) is 0 Å². The molecule has 1 atom stereocenters. The van der Waals surface area contributed by atoms with Gasteiger partial charge in [-0.15, -0.1) is 0 Å². The molecule has 4 nitrogen and oxygen atoms in total. The minimum absolute atomic E-state index is 0.00528. The summed E-state index contributed by atoms with van der Waals surface area (Å²) in [6.45, 7) is 2.39. The highest BCUT2D eigenvalue weighted by atomic mass is 16.5. The molecule has 0 bridgehead atoms. The zero-order valence-corrected chi connectivity index (χ0v) is 12.9. The number of hydrogen-bond acceptors (Lipinski definition) is 3. The van der Waals surface area contributed by atoms with Crippen LogP contribution in [0.3, 0.4) is 0 Å². The maximum atomic E-state index is 11.9. The second-order valence-electron chi connectivity index (χ2n) is 5.04. The van der Waals surface area contributed by atoms with Gasteiger partial charge in [0.05, 0.1) is 6.10 Å². The Balaban J connectivity index is 1.79. The smallest absolute Gasteiger partial charge is 0.258 e. The number of hydrogen-bond donors (Lipinski definition) is 1. The molecule has 0 aliphatic heterocycles. The minimum atomic E-state index is -0.167. The molecular weight excluding hydrogens is 278 g/mol. The largest absolute Gasteiger partial charge is 0.484 e. The molecular formula is C18H21NO3. The topological polar surface area (TPSA) is 47.6 Å². The molecule has 1 amide bonds. The van der Waals surface area contributed by atoms with Crippen molar-refractivity contribution >= 4 is 5.91 Å². The number of aryl methyl sites for hydroxylation is 1. The Morgan fingerprint density at radius 3 is 2.59 bits per heavy atom. The van der Waals surface area contributed by atoms with E-state index in [2.05, 4.69) is 5.32 Å². The molecule has 2 rings (SSSR count). The van der Waals surface area contributed by atoms with Gasteiger partial charge in [0.25, 0.3) is 5.91 Å². The zero-order valence-electron chi connectivity index (χ0n) is 12.9. The van der Waals surface area contributed by atoms with Gasteiger partial charge in [-0.3, -0.25) is 4.79 Å². The van der Waals surface area contributed by atoms with Crippen LogP contribution in [0.5, 0.6) is 5.75 Å². The van der Waals surface area contributed by atoms with E-state index < -0.39 is 0 Å². The van der Waals surface area contributed by atoms with Gasteiger partial charge in [0.1, 0.15) is 5.75 Å². The summed E-state index contributed by atoms with van der Waals surface area (Å²) in [6, 6.07) is 17.4. The fraction of sp³-hybridized carbons (Fsp3) is 0.278. The summed E-state index contributed by atoms with van der Waals surface area (Å²) in [5.74, 6) is 0.529. The van der Waals surface area contributed by atoms with Gasteiger partial charge in [-0.1, -0.05) is 42.5 Å². The molecule has 0 radical (unpaired) electrons. The first-order valence-corrected chi connectivity index (χ1v) is 7.23. The Morgan fingerprint density at radius 2 is 1.91 bits per heavy atom. The maximum Gasteiger partial charge on any atom is 0.258 e. The number of carbonyl (C=O) groups excluding carboxylic acids is 1. The lowest BCUT2D eigenvalue weighted by Gasteiger charge is -2.16. The van der Waals surface area contributed by atoms with Crippen LogP contribution in [0.4, 0.5) is 0 Å². The summed E-state index contributed by atoms with van der Waals surface area (Å²) in [6.07, 6.45) is -0.163. The number of ether oxygens (including phenoxy) is 2. The van der Waals surface area contributed by atoms with Crippen LogP contribution in [-0.4, -0.2) is 26.2 Å². The lowest BCUT2D eigenvalue weighted by atomic mass is 10.1. The number of carbonyl (C=O) groups is 1. The third-order valence-electron chi connectivity index (χ3n) is 3.30. The van der Waals surface area contributed by atoms with Crippen molar-refractivity contribution in [1.82, 2.24) is 5.32 Å². The average molecular weight is 299 g/mol. The molecule has 0 heterocycles. The first-order chi connectivity index (χ1) is 10.7. The number of amides is 1. The Morgan fingerprint density at radius 1 is 1.14 bits per heavy atom. The van der Waals surface area contributed by atoms with E-state index in [-0.39, 0.29) is 18.6 Å². The first kappa shape index (κ1) is 16.0. The summed E-state index contributed by atoms with van der Waals surface area (Å²) in [5, 5.41) is 2.83. The second-order valence-corrected chi connectivity index (χ2v) is 5.04. The average Bonchev–Trinajstić information content (AvgIpc) is 2.54. The molecule has 2 aromatic carbocycles. The van der Waals surface area contributed by atoms with Gasteiger partial charge >= 0.3 is 0 Å². The Labute approximate surface area is 131 Å². The van der Waals surface area contributed by atoms with Crippen LogP contribution in [0.2, 0.25) is 0 Å². The SMILES string of the molecule is COC(CNC(=O)COc1cccc(C)c1)c1ccccc1. The fourth-order valence-corrected chi connectivity index (χ4v) is 2.12. The molecule has 1 N–H and O–H groups in total. The fourth-order valence-electron chi connectivity index (χ4n) is 2.12. The van der Waals surface area contributed by atoms with Crippen molar-refractivity contribution in [2.24, 2.45) is 0 Å². The van der Waals surface area contributed by atoms with E-state index in [1.54, 1.807) is 7.11 Å². The van der Waals surface area contributed by atoms with Crippen molar-refractivity contribution in [2.75, 3.05) is 20.3 Å². The van der Waals surface area contributed by atoms with E-state index in [4.69, 9.17) is 9.47 Å². The Kier molecular flexibility index (Phi) is 5.98. The highest BCUT2D eigenvalue weighted by Gasteiger charge is 2.11. The molecule has 0 saturated heterocycles. The van der Waals surface area contributed by atoms with E-state index in [0.717, 1.165) is 11.1 Å². The molecule has 0 aliphatic carbocycles. The number of rotatable bonds is 7. The molecule has 2 aromatic rings. The van der Waals surface area contributed by atoms with E-state index in [1.807, 2.05) is 61.5 Å². The summed E-state index contributed by atoms with van der Waals surface area (Å²) in [5.41, 5.74) is 2.13. The molecule has 0 fully saturated rings. The molecule has 0 spiro atoms. The van der Waals surface area contributed by atoms with Crippen molar-refractivity contribution in [1.29, 1.82) is 0 Å². The van der Waals surface area contributed by atoms with Crippen LogP contribution < -0.4 is 10.1 Å². The van der Waals surface area contributed by atoms with Crippen molar-refractivity contribution in [3.8, 4) is 5.75 Å². The molecule has 0 saturated carbocycles. The molecule has 1 unspecified atom stereocenters. The summed E-state index contributed by atoms with van der Waals surface area (Å²) in [7, 11) is 1.63. The van der Waals surface area contributed by atoms with Gasteiger partial charge in [0.2, 0.25) is 0 Å². The molecule has 4 heteroatoms. The van der Waals surface area contributed by atoms with Gasteiger partial charge in [0, 0.05) is 13.7 Å². The summed E-state index contributed by atoms with van der Waals surface area (Å²) < 4.78 is 10.9. The maximum absolute atomic E-state index is 11.9. The van der Waals surface area contributed by atoms with Gasteiger partial charge in [0.15, 0.2) is 6.61 Å². The van der Waals surface area contributed by atoms with Crippen LogP contribution in [0, 0.1) is 6.92 Å². The van der Waals surface area contributed by atoms with Crippen LogP contribution in [0.1, 0.15) is 17.2 Å². The highest BCUT2D eigenvalue weighted by molar-refractivity contribution is 5.77. The minimum Gasteiger partial charge on any atom is -0.484 e. The van der Waals surface area contributed by atoms with Crippen LogP contribution in [-0.2, 0) is 9.53 Å². The van der Waals surface area contributed by atoms with Gasteiger partial charge in [-0.2, -0.15) is 0 Å². The lowest BCUT2D eigenvalue weighted by Crippen LogP contribution is -2.33. The van der Waals surface area contributed by atoms with Crippen molar-refractivity contribution < 1.29 is 14.3 Å². The quantitative estimate of drug-likeness (QED) is 0.855. The first-order valence-electron chi connectivity index (χ1n) is 7.23. The van der Waals surface area contributed by atoms with E-state index >= 15 is 0 Å². The molecule has 116 valence electrons. The van der Waals surface area contributed by atoms with Gasteiger partial charge < -0.3 is 14.8 Å². The number of benzene rings is 2. The van der Waals surface area contributed by atoms with E-state index in [9.17, 15) is 4.79 Å². The molecule has 22 heavy (non-hydrogen) atoms. The third-order valence-corrected chi connectivity index (χ3v) is 3.30. The van der Waals surface area contributed by atoms with Crippen molar-refractivity contribution in [3.63, 3.8) is 0 Å². The predicted molar refractivity (Wildman–Crippen MR) is 85.9 cm³/mol. The number of methoxy groups -OCH3 is 1. The number of nitrogens with one attached hydrogen (secondary N) is 1. The standard InChI is InChI=1S/C18H21NO3/c1-14-7-6-10-16(11-14)22-13-18(20)19-12-17(21-2)15-8-4-3-5-9-15/h3-11,17H,12-13H2,1-2H3,(H,19,20). The monoisotopic (exact) mass is 299 g/mol. The van der Waals surface area contributed by atoms with Crippen molar-refractivity contribution in [3.05, 3.63) is 65.7 Å². The molecule has 0 aliphatic rings. The summed E-state index contributed by atoms with van der Waals surface area (Å²) >= 11 is 0. The predicted octanol–water partition coefficient (Wildman–Crippen LogP) is 2.88. The Hall–Kier alpha value is -2.33. The zero-order chi connectivity index (χ0) is 15.8. The highest BCUT2D eigenvalue weighted by Crippen LogP contribution is 2.15. The van der Waals surface area contributed by atoms with E-state index in [1.165, 1.54) is 0 Å². The lowest BCUT2D eigenvalue weighted by molar-refractivity contribution is -0.123. The molecule has 0 aromatic heterocycles. The van der Waals surface area contributed by atoms with Gasteiger partial charge in [-0.25, -0.2) is 0 Å². The van der Waals surface area contributed by atoms with Crippen LogP contribution in [0.15, 0.2) is 54.6 Å². The second kappa shape index (κ2) is 8.20. The summed E-state index contributed by atoms with van der Waals surface area (Å²) in [4.78, 5) is 11.9. The Bertz CT molecular complexity index is 598. The van der Waals surface area contributed by atoms with Gasteiger partial charge in [-0.05, 0) is 30.2 Å². The van der Waals surface area contributed by atoms with Crippen LogP contribution >= 0.6 is 0 Å². The van der Waals surface area contributed by atoms with E-state index in [0.29, 0.717) is 12.3 Å². The normalized spacial score (nSPS) is 11.7. The third kappa shape index (κ3) is 4.90. The van der Waals surface area contributed by atoms with Crippen molar-refractivity contribution in [2.45, 2.75) is 13.0 Å².